The molecule has 0 aliphatic carbocycles. The molecule has 1 aromatic heterocycles. The Morgan fingerprint density at radius 3 is 2.94 bits per heavy atom. The Kier molecular flexibility index (Phi) is 2.86. The maximum atomic E-state index is 13.5. The second-order valence-corrected chi connectivity index (χ2v) is 3.38. The van der Waals surface area contributed by atoms with Crippen molar-refractivity contribution in [2.75, 3.05) is 7.11 Å². The van der Waals surface area contributed by atoms with Gasteiger partial charge in [-0.05, 0) is 12.1 Å². The quantitative estimate of drug-likeness (QED) is 0.872. The molecule has 88 valence electrons. The lowest BCUT2D eigenvalue weighted by molar-refractivity contribution is -0.136. The third-order valence-corrected chi connectivity index (χ3v) is 2.28. The van der Waals surface area contributed by atoms with E-state index in [1.165, 1.54) is 25.4 Å². The van der Waals surface area contributed by atoms with Gasteiger partial charge in [0.25, 0.3) is 0 Å². The van der Waals surface area contributed by atoms with Gasteiger partial charge in [-0.2, -0.15) is 0 Å². The molecule has 1 N–H and O–H groups in total. The Morgan fingerprint density at radius 1 is 1.53 bits per heavy atom. The number of methoxy groups -OCH3 is 1. The lowest BCUT2D eigenvalue weighted by Gasteiger charge is -2.06. The molecule has 0 bridgehead atoms. The van der Waals surface area contributed by atoms with E-state index < -0.39 is 18.2 Å². The van der Waals surface area contributed by atoms with Crippen molar-refractivity contribution in [1.29, 1.82) is 0 Å². The summed E-state index contributed by atoms with van der Waals surface area (Å²) < 4.78 is 18.4. The number of nitrogens with zero attached hydrogens (tertiary/aromatic N) is 2. The summed E-state index contributed by atoms with van der Waals surface area (Å²) in [5, 5.41) is 8.73. The van der Waals surface area contributed by atoms with Crippen molar-refractivity contribution in [2.45, 2.75) is 6.42 Å². The van der Waals surface area contributed by atoms with E-state index in [4.69, 9.17) is 9.84 Å². The summed E-state index contributed by atoms with van der Waals surface area (Å²) in [6.07, 6.45) is 0.954. The van der Waals surface area contributed by atoms with Gasteiger partial charge in [0, 0.05) is 5.56 Å². The molecule has 17 heavy (non-hydrogen) atoms. The maximum absolute atomic E-state index is 13.5. The van der Waals surface area contributed by atoms with Crippen LogP contribution in [0, 0.1) is 5.82 Å². The molecular weight excluding hydrogens is 227 g/mol. The number of benzene rings is 1. The molecule has 0 atom stereocenters. The van der Waals surface area contributed by atoms with E-state index in [9.17, 15) is 9.18 Å². The van der Waals surface area contributed by atoms with E-state index in [-0.39, 0.29) is 17.0 Å². The predicted molar refractivity (Wildman–Crippen MR) is 57.4 cm³/mol. The highest BCUT2D eigenvalue weighted by atomic mass is 19.1. The Morgan fingerprint density at radius 2 is 2.29 bits per heavy atom. The smallest absolute Gasteiger partial charge is 0.308 e. The third kappa shape index (κ3) is 2.15. The molecule has 2 rings (SSSR count). The predicted octanol–water partition coefficient (Wildman–Crippen LogP) is 1.40. The van der Waals surface area contributed by atoms with Crippen LogP contribution in [0.25, 0.3) is 11.0 Å². The van der Waals surface area contributed by atoms with E-state index in [1.54, 1.807) is 0 Å². The first-order valence-corrected chi connectivity index (χ1v) is 4.81. The minimum Gasteiger partial charge on any atom is -0.481 e. The number of hydrogen-bond donors (Lipinski definition) is 1. The summed E-state index contributed by atoms with van der Waals surface area (Å²) in [5.41, 5.74) is 0.664. The molecule has 5 nitrogen and oxygen atoms in total. The fourth-order valence-electron chi connectivity index (χ4n) is 1.51. The van der Waals surface area contributed by atoms with Crippen LogP contribution < -0.4 is 4.74 Å². The number of carboxylic acid groups (broad SMARTS) is 1. The standard InChI is InChI=1S/C11H9FN2O3/c1-17-9-5-13-8-3-2-7(12)6(4-10(15)16)11(8)14-9/h2-3,5H,4H2,1H3,(H,15,16). The van der Waals surface area contributed by atoms with Gasteiger partial charge in [0.2, 0.25) is 5.88 Å². The van der Waals surface area contributed by atoms with Gasteiger partial charge in [0.15, 0.2) is 0 Å². The fourth-order valence-corrected chi connectivity index (χ4v) is 1.51. The first-order valence-electron chi connectivity index (χ1n) is 4.81. The van der Waals surface area contributed by atoms with Gasteiger partial charge >= 0.3 is 5.97 Å². The second-order valence-electron chi connectivity index (χ2n) is 3.38. The van der Waals surface area contributed by atoms with Crippen LogP contribution in [-0.2, 0) is 11.2 Å². The molecule has 6 heteroatoms. The summed E-state index contributed by atoms with van der Waals surface area (Å²) in [7, 11) is 1.41. The van der Waals surface area contributed by atoms with Crippen molar-refractivity contribution in [3.05, 3.63) is 29.7 Å². The lowest BCUT2D eigenvalue weighted by atomic mass is 10.1. The number of halogens is 1. The largest absolute Gasteiger partial charge is 0.481 e. The lowest BCUT2D eigenvalue weighted by Crippen LogP contribution is -2.05. The zero-order valence-electron chi connectivity index (χ0n) is 8.98. The van der Waals surface area contributed by atoms with Crippen LogP contribution in [0.4, 0.5) is 4.39 Å². The number of ether oxygens (including phenoxy) is 1. The number of carboxylic acids is 1. The minimum absolute atomic E-state index is 0.0152. The zero-order chi connectivity index (χ0) is 12.4. The molecular formula is C11H9FN2O3. The van der Waals surface area contributed by atoms with Crippen molar-refractivity contribution in [3.63, 3.8) is 0 Å². The molecule has 0 fully saturated rings. The number of fused-ring (bicyclic) bond motifs is 1. The average Bonchev–Trinajstić information content (AvgIpc) is 2.32. The molecule has 0 aliphatic rings. The van der Waals surface area contributed by atoms with Crippen molar-refractivity contribution in [2.24, 2.45) is 0 Å². The Bertz CT molecular complexity index is 586. The van der Waals surface area contributed by atoms with Crippen molar-refractivity contribution >= 4 is 17.0 Å². The number of aromatic nitrogens is 2. The van der Waals surface area contributed by atoms with Crippen LogP contribution in [-0.4, -0.2) is 28.2 Å². The number of rotatable bonds is 3. The van der Waals surface area contributed by atoms with Crippen LogP contribution in [0.3, 0.4) is 0 Å². The topological polar surface area (TPSA) is 72.3 Å². The van der Waals surface area contributed by atoms with Gasteiger partial charge < -0.3 is 9.84 Å². The maximum Gasteiger partial charge on any atom is 0.308 e. The highest BCUT2D eigenvalue weighted by Gasteiger charge is 2.14. The summed E-state index contributed by atoms with van der Waals surface area (Å²) in [4.78, 5) is 18.7. The van der Waals surface area contributed by atoms with E-state index in [0.29, 0.717) is 5.52 Å². The van der Waals surface area contributed by atoms with Crippen LogP contribution in [0.2, 0.25) is 0 Å². The van der Waals surface area contributed by atoms with Gasteiger partial charge in [-0.1, -0.05) is 0 Å². The molecule has 0 spiro atoms. The Balaban J connectivity index is 2.68. The van der Waals surface area contributed by atoms with Crippen molar-refractivity contribution in [3.8, 4) is 5.88 Å². The molecule has 0 radical (unpaired) electrons. The number of aliphatic carboxylic acids is 1. The van der Waals surface area contributed by atoms with Crippen molar-refractivity contribution < 1.29 is 19.0 Å². The number of carbonyl (C=O) groups is 1. The molecule has 0 saturated carbocycles. The Labute approximate surface area is 95.9 Å². The highest BCUT2D eigenvalue weighted by Crippen LogP contribution is 2.21. The normalized spacial score (nSPS) is 10.5. The minimum atomic E-state index is -1.12. The van der Waals surface area contributed by atoms with Crippen molar-refractivity contribution in [1.82, 2.24) is 9.97 Å². The Hall–Kier alpha value is -2.24. The van der Waals surface area contributed by atoms with Gasteiger partial charge in [0.1, 0.15) is 5.82 Å². The highest BCUT2D eigenvalue weighted by molar-refractivity contribution is 5.83. The third-order valence-electron chi connectivity index (χ3n) is 2.28. The van der Waals surface area contributed by atoms with E-state index in [2.05, 4.69) is 9.97 Å². The fraction of sp³-hybridized carbons (Fsp3) is 0.182. The monoisotopic (exact) mass is 236 g/mol. The molecule has 0 amide bonds. The zero-order valence-corrected chi connectivity index (χ0v) is 8.98. The van der Waals surface area contributed by atoms with Crippen LogP contribution in [0.5, 0.6) is 5.88 Å². The molecule has 0 aliphatic heterocycles. The van der Waals surface area contributed by atoms with E-state index >= 15 is 0 Å². The van der Waals surface area contributed by atoms with E-state index in [1.807, 2.05) is 0 Å². The van der Waals surface area contributed by atoms with Crippen LogP contribution in [0.1, 0.15) is 5.56 Å². The second kappa shape index (κ2) is 4.32. The molecule has 0 unspecified atom stereocenters. The first-order chi connectivity index (χ1) is 8.11. The van der Waals surface area contributed by atoms with Gasteiger partial charge in [-0.15, -0.1) is 0 Å². The summed E-state index contributed by atoms with van der Waals surface area (Å²) in [6, 6.07) is 2.63. The molecule has 0 saturated heterocycles. The van der Waals surface area contributed by atoms with Crippen LogP contribution in [0.15, 0.2) is 18.3 Å². The molecule has 1 heterocycles. The summed E-state index contributed by atoms with van der Waals surface area (Å²) in [6.45, 7) is 0. The molecule has 2 aromatic rings. The van der Waals surface area contributed by atoms with Crippen LogP contribution >= 0.6 is 0 Å². The molecule has 1 aromatic carbocycles. The summed E-state index contributed by atoms with van der Waals surface area (Å²) >= 11 is 0. The van der Waals surface area contributed by atoms with Gasteiger partial charge in [-0.25, -0.2) is 14.4 Å². The average molecular weight is 236 g/mol. The van der Waals surface area contributed by atoms with Gasteiger partial charge in [0.05, 0.1) is 30.8 Å². The first kappa shape index (κ1) is 11.3. The number of hydrogen-bond acceptors (Lipinski definition) is 4. The van der Waals surface area contributed by atoms with Gasteiger partial charge in [-0.3, -0.25) is 4.79 Å². The SMILES string of the molecule is COc1cnc2ccc(F)c(CC(=O)O)c2n1. The van der Waals surface area contributed by atoms with E-state index in [0.717, 1.165) is 0 Å². The summed E-state index contributed by atoms with van der Waals surface area (Å²) in [5.74, 6) is -1.52.